The van der Waals surface area contributed by atoms with Gasteiger partial charge in [-0.05, 0) is 46.0 Å². The third kappa shape index (κ3) is 4.35. The molecule has 2 aliphatic heterocycles. The van der Waals surface area contributed by atoms with Crippen LogP contribution in [0.25, 0.3) is 0 Å². The SMILES string of the molecule is CCC1CCN(C(=O)OC(C)(C)C)C(C2COCCC2O)C1. The first-order valence-electron chi connectivity index (χ1n) is 8.57. The average Bonchev–Trinajstić information content (AvgIpc) is 2.45. The zero-order valence-corrected chi connectivity index (χ0v) is 14.4. The summed E-state index contributed by atoms with van der Waals surface area (Å²) in [6.45, 7) is 9.70. The predicted octanol–water partition coefficient (Wildman–Crippen LogP) is 2.81. The van der Waals surface area contributed by atoms with Crippen LogP contribution in [-0.4, -0.2) is 53.6 Å². The molecule has 2 rings (SSSR count). The van der Waals surface area contributed by atoms with Crippen molar-refractivity contribution in [1.29, 1.82) is 0 Å². The van der Waals surface area contributed by atoms with Gasteiger partial charge in [0.1, 0.15) is 5.60 Å². The summed E-state index contributed by atoms with van der Waals surface area (Å²) < 4.78 is 11.1. The van der Waals surface area contributed by atoms with Gasteiger partial charge < -0.3 is 19.5 Å². The summed E-state index contributed by atoms with van der Waals surface area (Å²) in [5, 5.41) is 10.4. The fourth-order valence-corrected chi connectivity index (χ4v) is 3.51. The van der Waals surface area contributed by atoms with Crippen LogP contribution < -0.4 is 0 Å². The van der Waals surface area contributed by atoms with E-state index in [1.807, 2.05) is 25.7 Å². The van der Waals surface area contributed by atoms with Gasteiger partial charge >= 0.3 is 6.09 Å². The molecule has 0 aromatic heterocycles. The smallest absolute Gasteiger partial charge is 0.410 e. The molecule has 0 aromatic carbocycles. The quantitative estimate of drug-likeness (QED) is 0.851. The number of piperidine rings is 1. The van der Waals surface area contributed by atoms with Gasteiger partial charge in [0.15, 0.2) is 0 Å². The van der Waals surface area contributed by atoms with Crippen LogP contribution in [0.4, 0.5) is 4.79 Å². The molecule has 1 amide bonds. The maximum absolute atomic E-state index is 12.5. The van der Waals surface area contributed by atoms with E-state index in [0.29, 0.717) is 32.1 Å². The van der Waals surface area contributed by atoms with E-state index >= 15 is 0 Å². The van der Waals surface area contributed by atoms with Crippen LogP contribution in [0.2, 0.25) is 0 Å². The van der Waals surface area contributed by atoms with Crippen molar-refractivity contribution in [2.45, 2.75) is 71.1 Å². The highest BCUT2D eigenvalue weighted by atomic mass is 16.6. The van der Waals surface area contributed by atoms with Gasteiger partial charge in [-0.2, -0.15) is 0 Å². The fourth-order valence-electron chi connectivity index (χ4n) is 3.51. The van der Waals surface area contributed by atoms with Crippen LogP contribution >= 0.6 is 0 Å². The van der Waals surface area contributed by atoms with E-state index in [9.17, 15) is 9.90 Å². The van der Waals surface area contributed by atoms with E-state index in [1.54, 1.807) is 0 Å². The van der Waals surface area contributed by atoms with E-state index in [4.69, 9.17) is 9.47 Å². The molecule has 0 aliphatic carbocycles. The van der Waals surface area contributed by atoms with E-state index in [1.165, 1.54) is 0 Å². The molecule has 22 heavy (non-hydrogen) atoms. The van der Waals surface area contributed by atoms with E-state index < -0.39 is 5.60 Å². The van der Waals surface area contributed by atoms with Crippen molar-refractivity contribution in [2.75, 3.05) is 19.8 Å². The van der Waals surface area contributed by atoms with Crippen molar-refractivity contribution in [1.82, 2.24) is 4.90 Å². The Morgan fingerprint density at radius 3 is 2.68 bits per heavy atom. The molecule has 5 nitrogen and oxygen atoms in total. The number of likely N-dealkylation sites (tertiary alicyclic amines) is 1. The first-order valence-corrected chi connectivity index (χ1v) is 8.57. The van der Waals surface area contributed by atoms with Crippen LogP contribution in [0.3, 0.4) is 0 Å². The van der Waals surface area contributed by atoms with E-state index in [2.05, 4.69) is 6.92 Å². The van der Waals surface area contributed by atoms with Crippen LogP contribution in [0.15, 0.2) is 0 Å². The number of ether oxygens (including phenoxy) is 2. The third-order valence-corrected chi connectivity index (χ3v) is 4.82. The first kappa shape index (κ1) is 17.5. The second-order valence-electron chi connectivity index (χ2n) is 7.63. The summed E-state index contributed by atoms with van der Waals surface area (Å²) in [5.41, 5.74) is -0.495. The normalized spacial score (nSPS) is 33.6. The Bertz CT molecular complexity index is 379. The summed E-state index contributed by atoms with van der Waals surface area (Å²) in [7, 11) is 0. The number of carbonyl (C=O) groups is 1. The van der Waals surface area contributed by atoms with Crippen LogP contribution in [-0.2, 0) is 9.47 Å². The van der Waals surface area contributed by atoms with Crippen molar-refractivity contribution in [3.63, 3.8) is 0 Å². The highest BCUT2D eigenvalue weighted by Gasteiger charge is 2.41. The summed E-state index contributed by atoms with van der Waals surface area (Å²) in [5.74, 6) is 0.605. The van der Waals surface area contributed by atoms with Gasteiger partial charge in [0.25, 0.3) is 0 Å². The standard InChI is InChI=1S/C17H31NO4/c1-5-12-6-8-18(16(20)22-17(2,3)4)14(10-12)13-11-21-9-7-15(13)19/h12-15,19H,5-11H2,1-4H3. The molecular formula is C17H31NO4. The van der Waals surface area contributed by atoms with E-state index in [-0.39, 0.29) is 24.2 Å². The monoisotopic (exact) mass is 313 g/mol. The van der Waals surface area contributed by atoms with Crippen molar-refractivity contribution < 1.29 is 19.4 Å². The minimum Gasteiger partial charge on any atom is -0.444 e. The number of rotatable bonds is 2. The molecule has 0 spiro atoms. The average molecular weight is 313 g/mol. The Kier molecular flexibility index (Phi) is 5.72. The molecule has 0 aromatic rings. The minimum atomic E-state index is -0.495. The Morgan fingerprint density at radius 1 is 1.36 bits per heavy atom. The number of hydrogen-bond acceptors (Lipinski definition) is 4. The molecule has 2 aliphatic rings. The topological polar surface area (TPSA) is 59.0 Å². The van der Waals surface area contributed by atoms with Crippen LogP contribution in [0, 0.1) is 11.8 Å². The van der Waals surface area contributed by atoms with Gasteiger partial charge in [0.05, 0.1) is 12.7 Å². The van der Waals surface area contributed by atoms with E-state index in [0.717, 1.165) is 19.3 Å². The number of aliphatic hydroxyl groups is 1. The molecule has 128 valence electrons. The van der Waals surface area contributed by atoms with Crippen molar-refractivity contribution in [3.8, 4) is 0 Å². The van der Waals surface area contributed by atoms with Crippen LogP contribution in [0.5, 0.6) is 0 Å². The van der Waals surface area contributed by atoms with Crippen molar-refractivity contribution in [3.05, 3.63) is 0 Å². The highest BCUT2D eigenvalue weighted by Crippen LogP contribution is 2.34. The summed E-state index contributed by atoms with van der Waals surface area (Å²) in [6.07, 6.45) is 3.06. The Hall–Kier alpha value is -0.810. The molecule has 0 radical (unpaired) electrons. The number of aliphatic hydroxyl groups excluding tert-OH is 1. The van der Waals surface area contributed by atoms with Gasteiger partial charge in [-0.15, -0.1) is 0 Å². The van der Waals surface area contributed by atoms with Gasteiger partial charge in [-0.3, -0.25) is 0 Å². The lowest BCUT2D eigenvalue weighted by Gasteiger charge is -2.45. The Labute approximate surface area is 134 Å². The lowest BCUT2D eigenvalue weighted by atomic mass is 9.80. The van der Waals surface area contributed by atoms with Gasteiger partial charge in [0, 0.05) is 25.1 Å². The van der Waals surface area contributed by atoms with Crippen LogP contribution in [0.1, 0.15) is 53.4 Å². The van der Waals surface area contributed by atoms with Crippen molar-refractivity contribution >= 4 is 6.09 Å². The molecule has 4 unspecified atom stereocenters. The van der Waals surface area contributed by atoms with Gasteiger partial charge in [0.2, 0.25) is 0 Å². The number of carbonyl (C=O) groups excluding carboxylic acids is 1. The number of nitrogens with zero attached hydrogens (tertiary/aromatic N) is 1. The molecule has 2 heterocycles. The molecule has 1 N–H and O–H groups in total. The summed E-state index contributed by atoms with van der Waals surface area (Å²) in [4.78, 5) is 14.4. The lowest BCUT2D eigenvalue weighted by Crippen LogP contribution is -2.55. The Balaban J connectivity index is 2.12. The van der Waals surface area contributed by atoms with Gasteiger partial charge in [-0.25, -0.2) is 4.79 Å². The molecule has 0 saturated carbocycles. The molecule has 4 atom stereocenters. The number of amides is 1. The molecular weight excluding hydrogens is 282 g/mol. The highest BCUT2D eigenvalue weighted by molar-refractivity contribution is 5.68. The molecule has 2 saturated heterocycles. The second-order valence-corrected chi connectivity index (χ2v) is 7.63. The summed E-state index contributed by atoms with van der Waals surface area (Å²) >= 11 is 0. The van der Waals surface area contributed by atoms with Gasteiger partial charge in [-0.1, -0.05) is 13.3 Å². The first-order chi connectivity index (χ1) is 10.3. The second kappa shape index (κ2) is 7.18. The maximum Gasteiger partial charge on any atom is 0.410 e. The number of hydrogen-bond donors (Lipinski definition) is 1. The maximum atomic E-state index is 12.5. The minimum absolute atomic E-state index is 0.00406. The Morgan fingerprint density at radius 2 is 2.09 bits per heavy atom. The molecule has 5 heteroatoms. The zero-order chi connectivity index (χ0) is 16.3. The molecule has 0 bridgehead atoms. The van der Waals surface area contributed by atoms with Crippen molar-refractivity contribution in [2.24, 2.45) is 11.8 Å². The largest absolute Gasteiger partial charge is 0.444 e. The fraction of sp³-hybridized carbons (Fsp3) is 0.941. The third-order valence-electron chi connectivity index (χ3n) is 4.82. The lowest BCUT2D eigenvalue weighted by molar-refractivity contribution is -0.0827. The summed E-state index contributed by atoms with van der Waals surface area (Å²) in [6, 6.07) is 0.0175. The molecule has 2 fully saturated rings. The predicted molar refractivity (Wildman–Crippen MR) is 84.7 cm³/mol. The zero-order valence-electron chi connectivity index (χ0n) is 14.4.